The van der Waals surface area contributed by atoms with Crippen LogP contribution in [0.25, 0.3) is 32.3 Å². The van der Waals surface area contributed by atoms with Gasteiger partial charge in [0.15, 0.2) is 0 Å². The van der Waals surface area contributed by atoms with Gasteiger partial charge in [-0.3, -0.25) is 0 Å². The molecule has 0 aliphatic rings. The van der Waals surface area contributed by atoms with E-state index in [1.807, 2.05) is 7.11 Å². The molecule has 1 nitrogen and oxygen atoms in total. The van der Waals surface area contributed by atoms with Crippen LogP contribution in [0.1, 0.15) is 0 Å². The Morgan fingerprint density at radius 2 is 1.19 bits per heavy atom. The van der Waals surface area contributed by atoms with Crippen LogP contribution < -0.4 is 5.19 Å². The van der Waals surface area contributed by atoms with E-state index in [-0.39, 0.29) is 0 Å². The van der Waals surface area contributed by atoms with Crippen molar-refractivity contribution < 1.29 is 4.43 Å². The van der Waals surface area contributed by atoms with Crippen LogP contribution in [0.15, 0.2) is 54.6 Å². The van der Waals surface area contributed by atoms with Crippen LogP contribution in [0, 0.1) is 0 Å². The van der Waals surface area contributed by atoms with E-state index < -0.39 is 8.32 Å². The van der Waals surface area contributed by atoms with Gasteiger partial charge < -0.3 is 4.43 Å². The first kappa shape index (κ1) is 12.8. The molecule has 4 aromatic carbocycles. The van der Waals surface area contributed by atoms with Gasteiger partial charge in [-0.25, -0.2) is 0 Å². The van der Waals surface area contributed by atoms with E-state index in [0.717, 1.165) is 0 Å². The van der Waals surface area contributed by atoms with Gasteiger partial charge in [0.2, 0.25) is 8.32 Å². The van der Waals surface area contributed by atoms with Crippen LogP contribution in [0.4, 0.5) is 0 Å². The van der Waals surface area contributed by atoms with Crippen LogP contribution in [0.2, 0.25) is 13.1 Å². The Labute approximate surface area is 125 Å². The average Bonchev–Trinajstić information content (AvgIpc) is 2.52. The molecule has 0 saturated carbocycles. The van der Waals surface area contributed by atoms with Crippen LogP contribution in [-0.4, -0.2) is 15.4 Å². The van der Waals surface area contributed by atoms with Crippen LogP contribution in [-0.2, 0) is 4.43 Å². The van der Waals surface area contributed by atoms with Gasteiger partial charge in [-0.2, -0.15) is 0 Å². The minimum atomic E-state index is -1.80. The van der Waals surface area contributed by atoms with E-state index in [2.05, 4.69) is 67.7 Å². The lowest BCUT2D eigenvalue weighted by Crippen LogP contribution is -2.43. The van der Waals surface area contributed by atoms with Gasteiger partial charge in [0.05, 0.1) is 0 Å². The molecule has 0 aliphatic heterocycles. The normalized spacial score (nSPS) is 12.7. The summed E-state index contributed by atoms with van der Waals surface area (Å²) in [5, 5.41) is 9.42. The summed E-state index contributed by atoms with van der Waals surface area (Å²) in [5.74, 6) is 0. The summed E-state index contributed by atoms with van der Waals surface area (Å²) in [4.78, 5) is 0. The van der Waals surface area contributed by atoms with Gasteiger partial charge in [-0.1, -0.05) is 54.6 Å². The highest BCUT2D eigenvalue weighted by Crippen LogP contribution is 2.34. The Hall–Kier alpha value is -1.90. The number of hydrogen-bond donors (Lipinski definition) is 0. The molecule has 0 atom stereocenters. The Kier molecular flexibility index (Phi) is 2.62. The van der Waals surface area contributed by atoms with Crippen LogP contribution >= 0.6 is 0 Å². The SMILES string of the molecule is CO[Si](C)(C)c1cc2ccc3cccc4ccc(c1)c2c34. The molecular weight excluding hydrogens is 272 g/mol. The van der Waals surface area contributed by atoms with E-state index in [0.29, 0.717) is 0 Å². The fraction of sp³-hybridized carbons (Fsp3) is 0.158. The van der Waals surface area contributed by atoms with Crippen LogP contribution in [0.5, 0.6) is 0 Å². The first-order chi connectivity index (χ1) is 10.1. The second kappa shape index (κ2) is 4.29. The Morgan fingerprint density at radius 1 is 0.714 bits per heavy atom. The minimum absolute atomic E-state index is 1.32. The third kappa shape index (κ3) is 1.80. The molecule has 0 N–H and O–H groups in total. The molecule has 0 aliphatic carbocycles. The summed E-state index contributed by atoms with van der Waals surface area (Å²) >= 11 is 0. The van der Waals surface area contributed by atoms with E-state index in [1.54, 1.807) is 0 Å². The number of rotatable bonds is 2. The maximum atomic E-state index is 5.79. The van der Waals surface area contributed by atoms with Crippen molar-refractivity contribution in [3.63, 3.8) is 0 Å². The van der Waals surface area contributed by atoms with Crippen molar-refractivity contribution in [2.75, 3.05) is 7.11 Å². The highest BCUT2D eigenvalue weighted by Gasteiger charge is 2.24. The highest BCUT2D eigenvalue weighted by atomic mass is 28.4. The van der Waals surface area contributed by atoms with Crippen LogP contribution in [0.3, 0.4) is 0 Å². The molecule has 0 radical (unpaired) electrons. The third-order valence-electron chi connectivity index (χ3n) is 4.67. The summed E-state index contributed by atoms with van der Waals surface area (Å²) < 4.78 is 5.79. The Bertz CT molecular complexity index is 892. The maximum absolute atomic E-state index is 5.79. The molecule has 0 heterocycles. The van der Waals surface area contributed by atoms with Crippen molar-refractivity contribution in [2.24, 2.45) is 0 Å². The smallest absolute Gasteiger partial charge is 0.217 e. The predicted molar refractivity (Wildman–Crippen MR) is 94.3 cm³/mol. The lowest BCUT2D eigenvalue weighted by atomic mass is 9.94. The first-order valence-electron chi connectivity index (χ1n) is 7.33. The predicted octanol–water partition coefficient (Wildman–Crippen LogP) is 4.64. The number of hydrogen-bond acceptors (Lipinski definition) is 1. The van der Waals surface area contributed by atoms with Crippen molar-refractivity contribution in [3.05, 3.63) is 54.6 Å². The standard InChI is InChI=1S/C19H18OSi/c1-20-21(2,3)17-11-15-9-7-13-5-4-6-14-8-10-16(12-17)19(15)18(13)14/h4-12H,1-3H3. The fourth-order valence-corrected chi connectivity index (χ4v) is 4.46. The van der Waals surface area contributed by atoms with Gasteiger partial charge in [-0.05, 0) is 50.6 Å². The molecule has 0 aromatic heterocycles. The van der Waals surface area contributed by atoms with Crippen molar-refractivity contribution in [1.29, 1.82) is 0 Å². The molecule has 0 bridgehead atoms. The molecule has 4 rings (SSSR count). The summed E-state index contributed by atoms with van der Waals surface area (Å²) in [5.41, 5.74) is 0. The second-order valence-electron chi connectivity index (χ2n) is 6.22. The summed E-state index contributed by atoms with van der Waals surface area (Å²) in [6, 6.07) is 20.1. The van der Waals surface area contributed by atoms with Gasteiger partial charge in [0.25, 0.3) is 0 Å². The summed E-state index contributed by atoms with van der Waals surface area (Å²) in [6.07, 6.45) is 0. The highest BCUT2D eigenvalue weighted by molar-refractivity contribution is 6.84. The van der Waals surface area contributed by atoms with Gasteiger partial charge in [0.1, 0.15) is 0 Å². The third-order valence-corrected chi connectivity index (χ3v) is 7.37. The van der Waals surface area contributed by atoms with Crippen molar-refractivity contribution in [3.8, 4) is 0 Å². The lowest BCUT2D eigenvalue weighted by Gasteiger charge is -2.22. The molecule has 0 amide bonds. The zero-order valence-electron chi connectivity index (χ0n) is 12.6. The van der Waals surface area contributed by atoms with E-state index in [9.17, 15) is 0 Å². The summed E-state index contributed by atoms with van der Waals surface area (Å²) in [7, 11) is 0.0307. The average molecular weight is 290 g/mol. The van der Waals surface area contributed by atoms with E-state index in [4.69, 9.17) is 4.43 Å². The first-order valence-corrected chi connectivity index (χ1v) is 10.2. The van der Waals surface area contributed by atoms with Crippen molar-refractivity contribution >= 4 is 45.8 Å². The zero-order chi connectivity index (χ0) is 14.6. The Balaban J connectivity index is 2.18. The second-order valence-corrected chi connectivity index (χ2v) is 10.2. The largest absolute Gasteiger partial charge is 0.416 e. The molecule has 21 heavy (non-hydrogen) atoms. The molecule has 0 saturated heterocycles. The molecule has 2 heteroatoms. The van der Waals surface area contributed by atoms with E-state index >= 15 is 0 Å². The zero-order valence-corrected chi connectivity index (χ0v) is 13.6. The topological polar surface area (TPSA) is 9.23 Å². The van der Waals surface area contributed by atoms with Crippen molar-refractivity contribution in [1.82, 2.24) is 0 Å². The lowest BCUT2D eigenvalue weighted by molar-refractivity contribution is 0.416. The summed E-state index contributed by atoms with van der Waals surface area (Å²) in [6.45, 7) is 4.50. The molecule has 104 valence electrons. The maximum Gasteiger partial charge on any atom is 0.217 e. The molecular formula is C19H18OSi. The molecule has 0 fully saturated rings. The molecule has 0 spiro atoms. The molecule has 4 aromatic rings. The van der Waals surface area contributed by atoms with Gasteiger partial charge >= 0.3 is 0 Å². The van der Waals surface area contributed by atoms with Crippen molar-refractivity contribution in [2.45, 2.75) is 13.1 Å². The molecule has 0 unspecified atom stereocenters. The van der Waals surface area contributed by atoms with E-state index in [1.165, 1.54) is 37.5 Å². The van der Waals surface area contributed by atoms with Gasteiger partial charge in [0, 0.05) is 7.11 Å². The fourth-order valence-electron chi connectivity index (χ4n) is 3.22. The van der Waals surface area contributed by atoms with Gasteiger partial charge in [-0.15, -0.1) is 0 Å². The minimum Gasteiger partial charge on any atom is -0.416 e. The quantitative estimate of drug-likeness (QED) is 0.386. The monoisotopic (exact) mass is 290 g/mol. The Morgan fingerprint density at radius 3 is 1.71 bits per heavy atom. The number of benzene rings is 4.